The van der Waals surface area contributed by atoms with Gasteiger partial charge in [0.15, 0.2) is 5.96 Å². The second kappa shape index (κ2) is 10.1. The third kappa shape index (κ3) is 5.09. The predicted octanol–water partition coefficient (Wildman–Crippen LogP) is 3.29. The molecular weight excluding hydrogens is 382 g/mol. The van der Waals surface area contributed by atoms with Crippen LogP contribution in [0.2, 0.25) is 0 Å². The summed E-state index contributed by atoms with van der Waals surface area (Å²) in [5, 5.41) is 6.68. The summed E-state index contributed by atoms with van der Waals surface area (Å²) < 4.78 is 22.5. The summed E-state index contributed by atoms with van der Waals surface area (Å²) in [5.41, 5.74) is 3.25. The molecule has 0 radical (unpaired) electrons. The molecule has 7 nitrogen and oxygen atoms in total. The fourth-order valence-corrected chi connectivity index (χ4v) is 3.49. The van der Waals surface area contributed by atoms with Gasteiger partial charge in [0.25, 0.3) is 0 Å². The minimum Gasteiger partial charge on any atom is -0.497 e. The van der Waals surface area contributed by atoms with Crippen LogP contribution >= 0.6 is 0 Å². The molecule has 1 unspecified atom stereocenters. The van der Waals surface area contributed by atoms with Crippen LogP contribution in [0.3, 0.4) is 0 Å². The zero-order valence-corrected chi connectivity index (χ0v) is 18.4. The number of hydrogen-bond donors (Lipinski definition) is 2. The normalized spacial score (nSPS) is 15.2. The Labute approximate surface area is 178 Å². The van der Waals surface area contributed by atoms with E-state index in [2.05, 4.69) is 34.7 Å². The molecule has 0 spiro atoms. The molecule has 0 amide bonds. The molecule has 0 aromatic heterocycles. The summed E-state index contributed by atoms with van der Waals surface area (Å²) in [7, 11) is 5.04. The van der Waals surface area contributed by atoms with Crippen LogP contribution < -0.4 is 29.6 Å². The van der Waals surface area contributed by atoms with E-state index < -0.39 is 0 Å². The van der Waals surface area contributed by atoms with Gasteiger partial charge in [-0.25, -0.2) is 0 Å². The Balaban J connectivity index is 1.65. The van der Waals surface area contributed by atoms with Gasteiger partial charge in [-0.05, 0) is 38.1 Å². The Morgan fingerprint density at radius 2 is 1.83 bits per heavy atom. The molecular formula is C23H31N3O4. The average Bonchev–Trinajstić information content (AvgIpc) is 3.12. The number of nitrogens with zero attached hydrogens (tertiary/aromatic N) is 1. The zero-order chi connectivity index (χ0) is 21.5. The van der Waals surface area contributed by atoms with Crippen LogP contribution in [0.1, 0.15) is 30.5 Å². The van der Waals surface area contributed by atoms with Gasteiger partial charge in [0.05, 0.1) is 20.8 Å². The number of fused-ring (bicyclic) bond motifs is 1. The molecule has 2 aromatic carbocycles. The summed E-state index contributed by atoms with van der Waals surface area (Å²) in [5.74, 6) is 4.03. The van der Waals surface area contributed by atoms with Gasteiger partial charge in [0, 0.05) is 49.3 Å². The van der Waals surface area contributed by atoms with Crippen LogP contribution in [0.25, 0.3) is 0 Å². The number of ether oxygens (including phenoxy) is 4. The monoisotopic (exact) mass is 413 g/mol. The van der Waals surface area contributed by atoms with Crippen LogP contribution in [0.4, 0.5) is 0 Å². The van der Waals surface area contributed by atoms with Crippen molar-refractivity contribution in [2.24, 2.45) is 4.99 Å². The summed E-state index contributed by atoms with van der Waals surface area (Å²) in [4.78, 5) is 4.32. The van der Waals surface area contributed by atoms with Crippen molar-refractivity contribution in [1.82, 2.24) is 10.6 Å². The Kier molecular flexibility index (Phi) is 7.27. The maximum Gasteiger partial charge on any atom is 0.191 e. The summed E-state index contributed by atoms with van der Waals surface area (Å²) in [6, 6.07) is 9.92. The van der Waals surface area contributed by atoms with E-state index in [0.29, 0.717) is 25.7 Å². The highest BCUT2D eigenvalue weighted by molar-refractivity contribution is 5.79. The van der Waals surface area contributed by atoms with Gasteiger partial charge in [0.1, 0.15) is 29.1 Å². The molecule has 2 N–H and O–H groups in total. The van der Waals surface area contributed by atoms with Crippen LogP contribution in [-0.2, 0) is 19.5 Å². The lowest BCUT2D eigenvalue weighted by molar-refractivity contribution is 0.254. The number of benzene rings is 2. The topological polar surface area (TPSA) is 73.3 Å². The minimum atomic E-state index is 0.201. The van der Waals surface area contributed by atoms with Crippen molar-refractivity contribution in [3.8, 4) is 23.0 Å². The smallest absolute Gasteiger partial charge is 0.191 e. The average molecular weight is 414 g/mol. The number of rotatable bonds is 8. The van der Waals surface area contributed by atoms with Gasteiger partial charge in [-0.15, -0.1) is 0 Å². The first kappa shape index (κ1) is 21.6. The molecule has 1 atom stereocenters. The van der Waals surface area contributed by atoms with E-state index in [9.17, 15) is 0 Å². The fraction of sp³-hybridized carbons (Fsp3) is 0.435. The van der Waals surface area contributed by atoms with Gasteiger partial charge >= 0.3 is 0 Å². The van der Waals surface area contributed by atoms with E-state index in [1.165, 1.54) is 5.56 Å². The number of aliphatic imine (C=N–C) groups is 1. The van der Waals surface area contributed by atoms with Crippen LogP contribution in [-0.4, -0.2) is 39.9 Å². The van der Waals surface area contributed by atoms with Crippen LogP contribution in [0.15, 0.2) is 35.3 Å². The minimum absolute atomic E-state index is 0.201. The predicted molar refractivity (Wildman–Crippen MR) is 118 cm³/mol. The lowest BCUT2D eigenvalue weighted by Gasteiger charge is -2.16. The van der Waals surface area contributed by atoms with Gasteiger partial charge in [0.2, 0.25) is 0 Å². The quantitative estimate of drug-likeness (QED) is 0.511. The molecule has 1 aliphatic heterocycles. The summed E-state index contributed by atoms with van der Waals surface area (Å²) in [6.07, 6.45) is 1.11. The summed E-state index contributed by atoms with van der Waals surface area (Å²) >= 11 is 0. The van der Waals surface area contributed by atoms with Gasteiger partial charge in [-0.1, -0.05) is 0 Å². The highest BCUT2D eigenvalue weighted by Gasteiger charge is 2.22. The third-order valence-electron chi connectivity index (χ3n) is 4.99. The molecule has 1 heterocycles. The van der Waals surface area contributed by atoms with Gasteiger partial charge in [-0.2, -0.15) is 0 Å². The molecule has 0 saturated carbocycles. The largest absolute Gasteiger partial charge is 0.497 e. The van der Waals surface area contributed by atoms with E-state index >= 15 is 0 Å². The molecule has 162 valence electrons. The standard InChI is InChI=1S/C23H31N3O4/c1-6-29-21-10-17-9-15(2)30-22(17)11-18(21)14-26-23(24-3)25-13-16-7-8-19(27-4)12-20(16)28-5/h7-8,10-12,15H,6,9,13-14H2,1-5H3,(H2,24,25,26). The molecule has 7 heteroatoms. The molecule has 0 bridgehead atoms. The Hall–Kier alpha value is -3.09. The van der Waals surface area contributed by atoms with E-state index in [0.717, 1.165) is 40.5 Å². The first-order valence-electron chi connectivity index (χ1n) is 10.2. The number of guanidine groups is 1. The summed E-state index contributed by atoms with van der Waals surface area (Å²) in [6.45, 7) is 5.83. The maximum absolute atomic E-state index is 5.91. The first-order valence-corrected chi connectivity index (χ1v) is 10.2. The van der Waals surface area contributed by atoms with Crippen molar-refractivity contribution in [2.45, 2.75) is 39.5 Å². The highest BCUT2D eigenvalue weighted by Crippen LogP contribution is 2.35. The molecule has 0 aliphatic carbocycles. The van der Waals surface area contributed by atoms with Gasteiger partial charge < -0.3 is 29.6 Å². The number of methoxy groups -OCH3 is 2. The maximum atomic E-state index is 5.91. The van der Waals surface area contributed by atoms with Crippen molar-refractivity contribution in [2.75, 3.05) is 27.9 Å². The molecule has 30 heavy (non-hydrogen) atoms. The van der Waals surface area contributed by atoms with E-state index in [4.69, 9.17) is 18.9 Å². The van der Waals surface area contributed by atoms with E-state index in [1.807, 2.05) is 25.1 Å². The van der Waals surface area contributed by atoms with Crippen molar-refractivity contribution >= 4 is 5.96 Å². The van der Waals surface area contributed by atoms with Crippen molar-refractivity contribution in [1.29, 1.82) is 0 Å². The number of nitrogens with one attached hydrogen (secondary N) is 2. The fourth-order valence-electron chi connectivity index (χ4n) is 3.49. The van der Waals surface area contributed by atoms with Crippen molar-refractivity contribution in [3.05, 3.63) is 47.0 Å². The Bertz CT molecular complexity index is 898. The molecule has 0 saturated heterocycles. The Morgan fingerprint density at radius 3 is 2.50 bits per heavy atom. The van der Waals surface area contributed by atoms with E-state index in [1.54, 1.807) is 21.3 Å². The lowest BCUT2D eigenvalue weighted by atomic mass is 10.1. The van der Waals surface area contributed by atoms with Crippen LogP contribution in [0.5, 0.6) is 23.0 Å². The molecule has 3 rings (SSSR count). The molecule has 2 aromatic rings. The van der Waals surface area contributed by atoms with Crippen molar-refractivity contribution < 1.29 is 18.9 Å². The first-order chi connectivity index (χ1) is 14.6. The number of hydrogen-bond acceptors (Lipinski definition) is 5. The van der Waals surface area contributed by atoms with Crippen molar-refractivity contribution in [3.63, 3.8) is 0 Å². The zero-order valence-electron chi connectivity index (χ0n) is 18.4. The van der Waals surface area contributed by atoms with Crippen LogP contribution in [0, 0.1) is 0 Å². The second-order valence-electron chi connectivity index (χ2n) is 7.09. The second-order valence-corrected chi connectivity index (χ2v) is 7.09. The Morgan fingerprint density at radius 1 is 1.07 bits per heavy atom. The van der Waals surface area contributed by atoms with E-state index in [-0.39, 0.29) is 6.10 Å². The molecule has 0 fully saturated rings. The highest BCUT2D eigenvalue weighted by atomic mass is 16.5. The molecule has 1 aliphatic rings. The van der Waals surface area contributed by atoms with Gasteiger partial charge in [-0.3, -0.25) is 4.99 Å². The lowest BCUT2D eigenvalue weighted by Crippen LogP contribution is -2.36. The SMILES string of the molecule is CCOc1cc2c(cc1CNC(=NC)NCc1ccc(OC)cc1OC)OC(C)C2. The third-order valence-corrected chi connectivity index (χ3v) is 4.99.